The first kappa shape index (κ1) is 21.7. The zero-order valence-electron chi connectivity index (χ0n) is 17.0. The summed E-state index contributed by atoms with van der Waals surface area (Å²) in [4.78, 5) is 28.8. The second-order valence-corrected chi connectivity index (χ2v) is 9.10. The maximum atomic E-state index is 13.2. The molecule has 0 aliphatic carbocycles. The highest BCUT2D eigenvalue weighted by Crippen LogP contribution is 2.28. The molecule has 9 heteroatoms. The number of hydrogen-bond acceptors (Lipinski definition) is 5. The topological polar surface area (TPSA) is 87.2 Å². The minimum atomic E-state index is -3.82. The van der Waals surface area contributed by atoms with E-state index in [1.807, 2.05) is 13.8 Å². The molecule has 3 rings (SSSR count). The average Bonchev–Trinajstić information content (AvgIpc) is 3.25. The van der Waals surface area contributed by atoms with Crippen molar-refractivity contribution in [3.63, 3.8) is 0 Å². The van der Waals surface area contributed by atoms with E-state index in [1.54, 1.807) is 21.9 Å². The minimum Gasteiger partial charge on any atom is -0.378 e. The van der Waals surface area contributed by atoms with E-state index in [1.165, 1.54) is 16.4 Å². The van der Waals surface area contributed by atoms with Crippen LogP contribution >= 0.6 is 0 Å². The van der Waals surface area contributed by atoms with E-state index in [2.05, 4.69) is 0 Å². The van der Waals surface area contributed by atoms with E-state index in [-0.39, 0.29) is 16.7 Å². The van der Waals surface area contributed by atoms with Crippen LogP contribution in [0.1, 0.15) is 37.0 Å². The van der Waals surface area contributed by atoms with Crippen LogP contribution in [0.15, 0.2) is 29.2 Å². The number of carbonyl (C=O) groups is 2. The van der Waals surface area contributed by atoms with Gasteiger partial charge in [-0.1, -0.05) is 0 Å². The van der Waals surface area contributed by atoms with Crippen LogP contribution in [0.5, 0.6) is 0 Å². The SMILES string of the molecule is CCN(CC)C(=O)c1ccc(S(=O)(=O)N2CCCC2C(=O)N2CCOCC2)cc1. The molecule has 2 aliphatic rings. The molecule has 0 saturated carbocycles. The number of sulfonamides is 1. The molecule has 1 aromatic carbocycles. The maximum Gasteiger partial charge on any atom is 0.253 e. The molecular formula is C20H29N3O5S. The minimum absolute atomic E-state index is 0.107. The summed E-state index contributed by atoms with van der Waals surface area (Å²) in [5.41, 5.74) is 0.454. The molecule has 0 N–H and O–H groups in total. The Morgan fingerprint density at radius 2 is 1.69 bits per heavy atom. The van der Waals surface area contributed by atoms with E-state index in [0.717, 1.165) is 0 Å². The molecule has 29 heavy (non-hydrogen) atoms. The number of benzene rings is 1. The summed E-state index contributed by atoms with van der Waals surface area (Å²) in [6.07, 6.45) is 1.17. The lowest BCUT2D eigenvalue weighted by molar-refractivity contribution is -0.138. The van der Waals surface area contributed by atoms with Crippen LogP contribution in [0.25, 0.3) is 0 Å². The fourth-order valence-corrected chi connectivity index (χ4v) is 5.52. The molecular weight excluding hydrogens is 394 g/mol. The Morgan fingerprint density at radius 3 is 2.28 bits per heavy atom. The summed E-state index contributed by atoms with van der Waals surface area (Å²) >= 11 is 0. The summed E-state index contributed by atoms with van der Waals surface area (Å²) in [7, 11) is -3.82. The molecule has 0 spiro atoms. The van der Waals surface area contributed by atoms with Crippen molar-refractivity contribution in [2.45, 2.75) is 37.6 Å². The van der Waals surface area contributed by atoms with Crippen LogP contribution in [0.2, 0.25) is 0 Å². The number of nitrogens with zero attached hydrogens (tertiary/aromatic N) is 3. The van der Waals surface area contributed by atoms with Crippen molar-refractivity contribution in [3.8, 4) is 0 Å². The third kappa shape index (κ3) is 4.46. The quantitative estimate of drug-likeness (QED) is 0.686. The van der Waals surface area contributed by atoms with Crippen molar-refractivity contribution in [2.75, 3.05) is 45.9 Å². The summed E-state index contributed by atoms with van der Waals surface area (Å²) in [5, 5.41) is 0. The Balaban J connectivity index is 1.78. The zero-order valence-corrected chi connectivity index (χ0v) is 17.9. The third-order valence-corrected chi connectivity index (χ3v) is 7.49. The molecule has 1 unspecified atom stereocenters. The van der Waals surface area contributed by atoms with Gasteiger partial charge in [0, 0.05) is 38.3 Å². The van der Waals surface area contributed by atoms with Gasteiger partial charge < -0.3 is 14.5 Å². The average molecular weight is 424 g/mol. The second kappa shape index (κ2) is 9.23. The monoisotopic (exact) mass is 423 g/mol. The number of hydrogen-bond donors (Lipinski definition) is 0. The number of amides is 2. The maximum absolute atomic E-state index is 13.2. The third-order valence-electron chi connectivity index (χ3n) is 5.57. The molecule has 2 aliphatic heterocycles. The highest BCUT2D eigenvalue weighted by atomic mass is 32.2. The fraction of sp³-hybridized carbons (Fsp3) is 0.600. The molecule has 8 nitrogen and oxygen atoms in total. The van der Waals surface area contributed by atoms with Crippen LogP contribution in [-0.4, -0.2) is 86.3 Å². The molecule has 0 bridgehead atoms. The molecule has 0 radical (unpaired) electrons. The number of morpholine rings is 1. The number of rotatable bonds is 6. The highest BCUT2D eigenvalue weighted by molar-refractivity contribution is 7.89. The lowest BCUT2D eigenvalue weighted by Gasteiger charge is -2.32. The van der Waals surface area contributed by atoms with Crippen molar-refractivity contribution in [2.24, 2.45) is 0 Å². The zero-order chi connectivity index (χ0) is 21.0. The van der Waals surface area contributed by atoms with E-state index in [0.29, 0.717) is 64.3 Å². The first-order valence-electron chi connectivity index (χ1n) is 10.2. The van der Waals surface area contributed by atoms with Gasteiger partial charge in [0.1, 0.15) is 6.04 Å². The van der Waals surface area contributed by atoms with Gasteiger partial charge in [0.15, 0.2) is 0 Å². The standard InChI is InChI=1S/C20H29N3O5S/c1-3-21(4-2)19(24)16-7-9-17(10-8-16)29(26,27)23-11-5-6-18(23)20(25)22-12-14-28-15-13-22/h7-10,18H,3-6,11-15H2,1-2H3. The molecule has 2 fully saturated rings. The van der Waals surface area contributed by atoms with E-state index in [4.69, 9.17) is 4.74 Å². The molecule has 1 aromatic rings. The first-order valence-corrected chi connectivity index (χ1v) is 11.6. The van der Waals surface area contributed by atoms with E-state index >= 15 is 0 Å². The fourth-order valence-electron chi connectivity index (χ4n) is 3.87. The van der Waals surface area contributed by atoms with E-state index in [9.17, 15) is 18.0 Å². The first-order chi connectivity index (χ1) is 13.9. The smallest absolute Gasteiger partial charge is 0.253 e. The molecule has 1 atom stereocenters. The normalized spacial score (nSPS) is 20.6. The number of carbonyl (C=O) groups excluding carboxylic acids is 2. The van der Waals surface area contributed by atoms with Gasteiger partial charge in [-0.05, 0) is 51.0 Å². The van der Waals surface area contributed by atoms with Crippen LogP contribution in [0.3, 0.4) is 0 Å². The van der Waals surface area contributed by atoms with Gasteiger partial charge in [0.25, 0.3) is 5.91 Å². The van der Waals surface area contributed by atoms with Crippen molar-refractivity contribution in [1.82, 2.24) is 14.1 Å². The summed E-state index contributed by atoms with van der Waals surface area (Å²) in [6, 6.07) is 5.33. The lowest BCUT2D eigenvalue weighted by atomic mass is 10.2. The molecule has 160 valence electrons. The van der Waals surface area contributed by atoms with Crippen LogP contribution < -0.4 is 0 Å². The van der Waals surface area contributed by atoms with E-state index < -0.39 is 16.1 Å². The Labute approximate surface area is 172 Å². The van der Waals surface area contributed by atoms with Crippen molar-refractivity contribution in [3.05, 3.63) is 29.8 Å². The van der Waals surface area contributed by atoms with Crippen LogP contribution in [0.4, 0.5) is 0 Å². The Kier molecular flexibility index (Phi) is 6.92. The molecule has 2 saturated heterocycles. The predicted molar refractivity (Wildman–Crippen MR) is 108 cm³/mol. The van der Waals surface area contributed by atoms with Gasteiger partial charge in [-0.2, -0.15) is 4.31 Å². The Bertz CT molecular complexity index is 830. The number of ether oxygens (including phenoxy) is 1. The highest BCUT2D eigenvalue weighted by Gasteiger charge is 2.41. The second-order valence-electron chi connectivity index (χ2n) is 7.21. The van der Waals surface area contributed by atoms with Gasteiger partial charge in [-0.15, -0.1) is 0 Å². The summed E-state index contributed by atoms with van der Waals surface area (Å²) in [6.45, 7) is 7.25. The van der Waals surface area contributed by atoms with Crippen LogP contribution in [-0.2, 0) is 19.6 Å². The van der Waals surface area contributed by atoms with Gasteiger partial charge in [-0.3, -0.25) is 9.59 Å². The summed E-state index contributed by atoms with van der Waals surface area (Å²) < 4.78 is 33.0. The molecule has 2 amide bonds. The van der Waals surface area contributed by atoms with Gasteiger partial charge in [0.2, 0.25) is 15.9 Å². The van der Waals surface area contributed by atoms with Gasteiger partial charge in [-0.25, -0.2) is 8.42 Å². The van der Waals surface area contributed by atoms with Crippen molar-refractivity contribution >= 4 is 21.8 Å². The molecule has 2 heterocycles. The van der Waals surface area contributed by atoms with Crippen molar-refractivity contribution in [1.29, 1.82) is 0 Å². The van der Waals surface area contributed by atoms with Crippen molar-refractivity contribution < 1.29 is 22.7 Å². The lowest BCUT2D eigenvalue weighted by Crippen LogP contribution is -2.50. The largest absolute Gasteiger partial charge is 0.378 e. The van der Waals surface area contributed by atoms with Gasteiger partial charge >= 0.3 is 0 Å². The summed E-state index contributed by atoms with van der Waals surface area (Å²) in [5.74, 6) is -0.275. The van der Waals surface area contributed by atoms with Crippen LogP contribution in [0, 0.1) is 0 Å². The molecule has 0 aromatic heterocycles. The Hall–Kier alpha value is -1.97. The predicted octanol–water partition coefficient (Wildman–Crippen LogP) is 1.18. The van der Waals surface area contributed by atoms with Gasteiger partial charge in [0.05, 0.1) is 18.1 Å². The Morgan fingerprint density at radius 1 is 1.07 bits per heavy atom.